The lowest BCUT2D eigenvalue weighted by Crippen LogP contribution is -2.42. The molecule has 5 nitrogen and oxygen atoms in total. The van der Waals surface area contributed by atoms with Crippen molar-refractivity contribution < 1.29 is 13.2 Å². The standard InChI is InChI=1S/C14H24N2O3S/c1-12(13-7-5-4-6-8-13)11-20(17,18)16(2)9-14(15)10-19-3/h4-8,12,14H,9-11,15H2,1-3H3. The van der Waals surface area contributed by atoms with Gasteiger partial charge in [-0.05, 0) is 11.5 Å². The molecular weight excluding hydrogens is 276 g/mol. The Morgan fingerprint density at radius 2 is 1.90 bits per heavy atom. The predicted octanol–water partition coefficient (Wildman–Crippen LogP) is 1.03. The van der Waals surface area contributed by atoms with Crippen LogP contribution in [0, 0.1) is 0 Å². The highest BCUT2D eigenvalue weighted by molar-refractivity contribution is 7.89. The van der Waals surface area contributed by atoms with Crippen molar-refractivity contribution in [1.82, 2.24) is 4.31 Å². The third-order valence-corrected chi connectivity index (χ3v) is 5.20. The van der Waals surface area contributed by atoms with Crippen LogP contribution in [0.2, 0.25) is 0 Å². The predicted molar refractivity (Wildman–Crippen MR) is 81.1 cm³/mol. The van der Waals surface area contributed by atoms with Crippen molar-refractivity contribution in [2.75, 3.05) is 33.1 Å². The van der Waals surface area contributed by atoms with Crippen LogP contribution in [0.15, 0.2) is 30.3 Å². The van der Waals surface area contributed by atoms with Crippen LogP contribution >= 0.6 is 0 Å². The number of hydrogen-bond acceptors (Lipinski definition) is 4. The summed E-state index contributed by atoms with van der Waals surface area (Å²) >= 11 is 0. The second-order valence-electron chi connectivity index (χ2n) is 5.09. The number of rotatable bonds is 8. The van der Waals surface area contributed by atoms with Crippen molar-refractivity contribution in [3.63, 3.8) is 0 Å². The maximum Gasteiger partial charge on any atom is 0.214 e. The lowest BCUT2D eigenvalue weighted by atomic mass is 10.0. The minimum Gasteiger partial charge on any atom is -0.383 e. The van der Waals surface area contributed by atoms with Crippen LogP contribution in [-0.2, 0) is 14.8 Å². The van der Waals surface area contributed by atoms with Gasteiger partial charge in [0.05, 0.1) is 12.4 Å². The molecule has 1 rings (SSSR count). The number of nitrogens with zero attached hydrogens (tertiary/aromatic N) is 1. The molecule has 0 amide bonds. The van der Waals surface area contributed by atoms with Gasteiger partial charge in [-0.2, -0.15) is 0 Å². The molecule has 0 aliphatic carbocycles. The zero-order valence-corrected chi connectivity index (χ0v) is 13.1. The summed E-state index contributed by atoms with van der Waals surface area (Å²) in [4.78, 5) is 0. The summed E-state index contributed by atoms with van der Waals surface area (Å²) in [6.07, 6.45) is 0. The summed E-state index contributed by atoms with van der Waals surface area (Å²) < 4.78 is 30.8. The molecule has 114 valence electrons. The van der Waals surface area contributed by atoms with Crippen LogP contribution < -0.4 is 5.73 Å². The first-order valence-electron chi connectivity index (χ1n) is 6.60. The summed E-state index contributed by atoms with van der Waals surface area (Å²) in [5, 5.41) is 0. The zero-order chi connectivity index (χ0) is 15.2. The van der Waals surface area contributed by atoms with Gasteiger partial charge in [-0.15, -0.1) is 0 Å². The highest BCUT2D eigenvalue weighted by atomic mass is 32.2. The van der Waals surface area contributed by atoms with Crippen LogP contribution in [0.25, 0.3) is 0 Å². The van der Waals surface area contributed by atoms with E-state index in [0.29, 0.717) is 6.61 Å². The first kappa shape index (κ1) is 17.1. The van der Waals surface area contributed by atoms with Gasteiger partial charge in [-0.3, -0.25) is 0 Å². The Hall–Kier alpha value is -0.950. The Kier molecular flexibility index (Phi) is 6.61. The number of likely N-dealkylation sites (N-methyl/N-ethyl adjacent to an activating group) is 1. The van der Waals surface area contributed by atoms with Gasteiger partial charge >= 0.3 is 0 Å². The van der Waals surface area contributed by atoms with E-state index in [1.165, 1.54) is 4.31 Å². The van der Waals surface area contributed by atoms with Gasteiger partial charge in [0.15, 0.2) is 0 Å². The largest absolute Gasteiger partial charge is 0.383 e. The van der Waals surface area contributed by atoms with Gasteiger partial charge in [-0.1, -0.05) is 37.3 Å². The number of methoxy groups -OCH3 is 1. The fourth-order valence-corrected chi connectivity index (χ4v) is 3.53. The molecule has 0 saturated carbocycles. The minimum atomic E-state index is -3.32. The van der Waals surface area contributed by atoms with E-state index in [2.05, 4.69) is 0 Å². The van der Waals surface area contributed by atoms with Crippen LogP contribution in [0.4, 0.5) is 0 Å². The van der Waals surface area contributed by atoms with E-state index >= 15 is 0 Å². The van der Waals surface area contributed by atoms with E-state index in [9.17, 15) is 8.42 Å². The summed E-state index contributed by atoms with van der Waals surface area (Å²) in [6, 6.07) is 9.31. The van der Waals surface area contributed by atoms with E-state index in [4.69, 9.17) is 10.5 Å². The molecule has 1 aromatic carbocycles. The smallest absolute Gasteiger partial charge is 0.214 e. The third-order valence-electron chi connectivity index (χ3n) is 3.18. The van der Waals surface area contributed by atoms with Crippen LogP contribution in [-0.4, -0.2) is 51.8 Å². The van der Waals surface area contributed by atoms with Crippen molar-refractivity contribution in [2.24, 2.45) is 5.73 Å². The van der Waals surface area contributed by atoms with E-state index < -0.39 is 10.0 Å². The number of ether oxygens (including phenoxy) is 1. The van der Waals surface area contributed by atoms with E-state index in [1.807, 2.05) is 37.3 Å². The third kappa shape index (κ3) is 5.20. The molecule has 0 fully saturated rings. The Balaban J connectivity index is 2.65. The molecule has 2 unspecified atom stereocenters. The maximum atomic E-state index is 12.3. The van der Waals surface area contributed by atoms with E-state index in [-0.39, 0.29) is 24.3 Å². The quantitative estimate of drug-likeness (QED) is 0.778. The van der Waals surface area contributed by atoms with Gasteiger partial charge in [0.2, 0.25) is 10.0 Å². The second-order valence-corrected chi connectivity index (χ2v) is 7.21. The van der Waals surface area contributed by atoms with Crippen molar-refractivity contribution in [3.8, 4) is 0 Å². The average Bonchev–Trinajstić information content (AvgIpc) is 2.39. The minimum absolute atomic E-state index is 0.0534. The zero-order valence-electron chi connectivity index (χ0n) is 12.3. The topological polar surface area (TPSA) is 72.6 Å². The number of nitrogens with two attached hydrogens (primary N) is 1. The Bertz CT molecular complexity index is 490. The van der Waals surface area contributed by atoms with Crippen molar-refractivity contribution >= 4 is 10.0 Å². The molecule has 0 aromatic heterocycles. The van der Waals surface area contributed by atoms with E-state index in [1.54, 1.807) is 14.2 Å². The van der Waals surface area contributed by atoms with Crippen molar-refractivity contribution in [1.29, 1.82) is 0 Å². The number of sulfonamides is 1. The highest BCUT2D eigenvalue weighted by Crippen LogP contribution is 2.18. The molecule has 0 aliphatic rings. The molecule has 0 spiro atoms. The molecule has 0 aliphatic heterocycles. The number of benzene rings is 1. The molecular formula is C14H24N2O3S. The lowest BCUT2D eigenvalue weighted by molar-refractivity contribution is 0.173. The first-order chi connectivity index (χ1) is 9.36. The van der Waals surface area contributed by atoms with Crippen LogP contribution in [0.3, 0.4) is 0 Å². The number of hydrogen-bond donors (Lipinski definition) is 1. The normalized spacial score (nSPS) is 15.2. The Morgan fingerprint density at radius 1 is 1.30 bits per heavy atom. The van der Waals surface area contributed by atoms with E-state index in [0.717, 1.165) is 5.56 Å². The monoisotopic (exact) mass is 300 g/mol. The Morgan fingerprint density at radius 3 is 2.45 bits per heavy atom. The van der Waals surface area contributed by atoms with Crippen molar-refractivity contribution in [3.05, 3.63) is 35.9 Å². The van der Waals surface area contributed by atoms with Gasteiger partial charge in [0, 0.05) is 26.7 Å². The van der Waals surface area contributed by atoms with Gasteiger partial charge in [0.1, 0.15) is 0 Å². The molecule has 0 saturated heterocycles. The van der Waals surface area contributed by atoms with Crippen LogP contribution in [0.1, 0.15) is 18.4 Å². The molecule has 6 heteroatoms. The molecule has 0 radical (unpaired) electrons. The van der Waals surface area contributed by atoms with Gasteiger partial charge in [0.25, 0.3) is 0 Å². The molecule has 2 atom stereocenters. The fraction of sp³-hybridized carbons (Fsp3) is 0.571. The summed E-state index contributed by atoms with van der Waals surface area (Å²) in [6.45, 7) is 2.52. The second kappa shape index (κ2) is 7.73. The lowest BCUT2D eigenvalue weighted by Gasteiger charge is -2.22. The maximum absolute atomic E-state index is 12.3. The van der Waals surface area contributed by atoms with Crippen molar-refractivity contribution in [2.45, 2.75) is 18.9 Å². The Labute approximate surface area is 121 Å². The highest BCUT2D eigenvalue weighted by Gasteiger charge is 2.23. The molecule has 1 aromatic rings. The summed E-state index contributed by atoms with van der Waals surface area (Å²) in [5.41, 5.74) is 6.81. The first-order valence-corrected chi connectivity index (χ1v) is 8.21. The summed E-state index contributed by atoms with van der Waals surface area (Å²) in [7, 11) is -0.218. The van der Waals surface area contributed by atoms with Gasteiger partial charge in [-0.25, -0.2) is 12.7 Å². The van der Waals surface area contributed by atoms with Gasteiger partial charge < -0.3 is 10.5 Å². The molecule has 20 heavy (non-hydrogen) atoms. The fourth-order valence-electron chi connectivity index (χ4n) is 2.03. The SMILES string of the molecule is COCC(N)CN(C)S(=O)(=O)CC(C)c1ccccc1. The van der Waals surface area contributed by atoms with Crippen LogP contribution in [0.5, 0.6) is 0 Å². The average molecular weight is 300 g/mol. The summed E-state index contributed by atoms with van der Waals surface area (Å²) in [5.74, 6) is 0.0232. The molecule has 0 bridgehead atoms. The molecule has 0 heterocycles. The molecule has 2 N–H and O–H groups in total.